The molecule has 1 heterocycles. The Hall–Kier alpha value is -2.36. The highest BCUT2D eigenvalue weighted by molar-refractivity contribution is 5.95. The molecule has 1 atom stereocenters. The van der Waals surface area contributed by atoms with Crippen molar-refractivity contribution in [3.05, 3.63) is 58.9 Å². The van der Waals surface area contributed by atoms with Gasteiger partial charge in [0, 0.05) is 18.8 Å². The Balaban J connectivity index is 2.15. The molecule has 0 N–H and O–H groups in total. The van der Waals surface area contributed by atoms with E-state index < -0.39 is 0 Å². The van der Waals surface area contributed by atoms with Crippen LogP contribution in [0.4, 0.5) is 0 Å². The van der Waals surface area contributed by atoms with Crippen molar-refractivity contribution in [2.24, 2.45) is 0 Å². The Morgan fingerprint density at radius 3 is 2.57 bits per heavy atom. The van der Waals surface area contributed by atoms with Gasteiger partial charge in [-0.05, 0) is 51.0 Å². The second-order valence-electron chi connectivity index (χ2n) is 5.87. The third-order valence-corrected chi connectivity index (χ3v) is 4.14. The number of para-hydroxylation sites is 1. The molecule has 122 valence electrons. The summed E-state index contributed by atoms with van der Waals surface area (Å²) in [6, 6.07) is 11.7. The van der Waals surface area contributed by atoms with Gasteiger partial charge in [-0.2, -0.15) is 0 Å². The van der Waals surface area contributed by atoms with Gasteiger partial charge in [0.15, 0.2) is 0 Å². The number of aryl methyl sites for hydroxylation is 2. The van der Waals surface area contributed by atoms with E-state index in [-0.39, 0.29) is 11.9 Å². The lowest BCUT2D eigenvalue weighted by Crippen LogP contribution is -2.37. The van der Waals surface area contributed by atoms with E-state index in [4.69, 9.17) is 4.74 Å². The van der Waals surface area contributed by atoms with Crippen LogP contribution in [0.15, 0.2) is 36.4 Å². The van der Waals surface area contributed by atoms with Crippen molar-refractivity contribution in [1.82, 2.24) is 9.88 Å². The number of nitrogens with zero attached hydrogens (tertiary/aromatic N) is 2. The second-order valence-corrected chi connectivity index (χ2v) is 5.87. The number of hydrogen-bond donors (Lipinski definition) is 0. The van der Waals surface area contributed by atoms with Gasteiger partial charge in [0.05, 0.1) is 18.4 Å². The fourth-order valence-electron chi connectivity index (χ4n) is 2.63. The Morgan fingerprint density at radius 1 is 1.22 bits per heavy atom. The minimum absolute atomic E-state index is 0.00241. The maximum absolute atomic E-state index is 12.7. The van der Waals surface area contributed by atoms with E-state index in [1.807, 2.05) is 64.2 Å². The molecule has 0 spiro atoms. The van der Waals surface area contributed by atoms with Crippen LogP contribution in [-0.2, 0) is 6.42 Å². The van der Waals surface area contributed by atoms with Gasteiger partial charge < -0.3 is 9.64 Å². The zero-order valence-electron chi connectivity index (χ0n) is 14.5. The van der Waals surface area contributed by atoms with E-state index >= 15 is 0 Å². The van der Waals surface area contributed by atoms with E-state index in [9.17, 15) is 4.79 Å². The predicted molar refractivity (Wildman–Crippen MR) is 92.0 cm³/mol. The van der Waals surface area contributed by atoms with E-state index in [1.54, 1.807) is 12.0 Å². The lowest BCUT2D eigenvalue weighted by Gasteiger charge is -2.26. The largest absolute Gasteiger partial charge is 0.496 e. The number of ether oxygens (including phenoxy) is 1. The average Bonchev–Trinajstić information content (AvgIpc) is 2.54. The van der Waals surface area contributed by atoms with Gasteiger partial charge in [-0.25, -0.2) is 0 Å². The average molecular weight is 312 g/mol. The van der Waals surface area contributed by atoms with Crippen LogP contribution >= 0.6 is 0 Å². The molecule has 0 fully saturated rings. The van der Waals surface area contributed by atoms with Gasteiger partial charge in [0.2, 0.25) is 0 Å². The first-order chi connectivity index (χ1) is 10.9. The fraction of sp³-hybridized carbons (Fsp3) is 0.368. The quantitative estimate of drug-likeness (QED) is 0.849. The summed E-state index contributed by atoms with van der Waals surface area (Å²) >= 11 is 0. The number of pyridine rings is 1. The molecule has 0 aliphatic rings. The SMILES string of the molecule is COc1ccccc1C[C@H](C)N(C)C(=O)c1ccc(C)nc1C. The Bertz CT molecular complexity index is 698. The highest BCUT2D eigenvalue weighted by atomic mass is 16.5. The predicted octanol–water partition coefficient (Wildman–Crippen LogP) is 3.41. The van der Waals surface area contributed by atoms with Crippen LogP contribution in [-0.4, -0.2) is 36.0 Å². The minimum atomic E-state index is -0.00241. The van der Waals surface area contributed by atoms with Gasteiger partial charge in [-0.3, -0.25) is 9.78 Å². The summed E-state index contributed by atoms with van der Waals surface area (Å²) in [7, 11) is 3.50. The van der Waals surface area contributed by atoms with Crippen molar-refractivity contribution in [2.75, 3.05) is 14.2 Å². The Morgan fingerprint density at radius 2 is 1.91 bits per heavy atom. The van der Waals surface area contributed by atoms with Gasteiger partial charge in [0.25, 0.3) is 5.91 Å². The normalized spacial score (nSPS) is 11.9. The van der Waals surface area contributed by atoms with E-state index in [0.29, 0.717) is 5.56 Å². The molecule has 0 bridgehead atoms. The molecule has 1 aromatic carbocycles. The highest BCUT2D eigenvalue weighted by Gasteiger charge is 2.20. The summed E-state index contributed by atoms with van der Waals surface area (Å²) < 4.78 is 5.39. The van der Waals surface area contributed by atoms with Crippen molar-refractivity contribution < 1.29 is 9.53 Å². The van der Waals surface area contributed by atoms with Gasteiger partial charge in [-0.15, -0.1) is 0 Å². The standard InChI is InChI=1S/C19H24N2O2/c1-13-10-11-17(15(3)20-13)19(22)21(4)14(2)12-16-8-6-7-9-18(16)23-5/h6-11,14H,12H2,1-5H3/t14-/m0/s1. The van der Waals surface area contributed by atoms with Crippen LogP contribution < -0.4 is 4.74 Å². The number of likely N-dealkylation sites (N-methyl/N-ethyl adjacent to an activating group) is 1. The van der Waals surface area contributed by atoms with Crippen LogP contribution in [0.2, 0.25) is 0 Å². The molecule has 4 nitrogen and oxygen atoms in total. The first kappa shape index (κ1) is 17.0. The van der Waals surface area contributed by atoms with Crippen LogP contribution in [0.3, 0.4) is 0 Å². The third-order valence-electron chi connectivity index (χ3n) is 4.14. The Kier molecular flexibility index (Phi) is 5.37. The number of amides is 1. The van der Waals surface area contributed by atoms with Gasteiger partial charge in [0.1, 0.15) is 5.75 Å². The monoisotopic (exact) mass is 312 g/mol. The summed E-state index contributed by atoms with van der Waals surface area (Å²) in [6.45, 7) is 5.84. The summed E-state index contributed by atoms with van der Waals surface area (Å²) in [5.41, 5.74) is 3.45. The molecule has 23 heavy (non-hydrogen) atoms. The lowest BCUT2D eigenvalue weighted by molar-refractivity contribution is 0.0741. The number of benzene rings is 1. The van der Waals surface area contributed by atoms with Gasteiger partial charge in [-0.1, -0.05) is 18.2 Å². The first-order valence-corrected chi connectivity index (χ1v) is 7.77. The molecule has 0 saturated carbocycles. The lowest BCUT2D eigenvalue weighted by atomic mass is 10.0. The topological polar surface area (TPSA) is 42.4 Å². The van der Waals surface area contributed by atoms with E-state index in [1.165, 1.54) is 0 Å². The van der Waals surface area contributed by atoms with Crippen molar-refractivity contribution in [1.29, 1.82) is 0 Å². The maximum atomic E-state index is 12.7. The number of hydrogen-bond acceptors (Lipinski definition) is 3. The minimum Gasteiger partial charge on any atom is -0.496 e. The van der Waals surface area contributed by atoms with Crippen LogP contribution in [0, 0.1) is 13.8 Å². The van der Waals surface area contributed by atoms with Crippen LogP contribution in [0.1, 0.15) is 34.2 Å². The highest BCUT2D eigenvalue weighted by Crippen LogP contribution is 2.21. The number of methoxy groups -OCH3 is 1. The van der Waals surface area contributed by atoms with Gasteiger partial charge >= 0.3 is 0 Å². The van der Waals surface area contributed by atoms with Crippen LogP contribution in [0.5, 0.6) is 5.75 Å². The van der Waals surface area contributed by atoms with E-state index in [0.717, 1.165) is 29.1 Å². The Labute approximate surface area is 138 Å². The summed E-state index contributed by atoms with van der Waals surface area (Å²) in [4.78, 5) is 18.9. The molecular formula is C19H24N2O2. The molecule has 0 aliphatic carbocycles. The van der Waals surface area contributed by atoms with Crippen molar-refractivity contribution >= 4 is 5.91 Å². The molecule has 0 radical (unpaired) electrons. The molecule has 1 amide bonds. The summed E-state index contributed by atoms with van der Waals surface area (Å²) in [5, 5.41) is 0. The van der Waals surface area contributed by atoms with Crippen molar-refractivity contribution in [2.45, 2.75) is 33.2 Å². The zero-order chi connectivity index (χ0) is 17.0. The second kappa shape index (κ2) is 7.27. The smallest absolute Gasteiger partial charge is 0.255 e. The molecule has 0 aliphatic heterocycles. The molecule has 2 rings (SSSR count). The number of rotatable bonds is 5. The molecule has 0 saturated heterocycles. The molecule has 0 unspecified atom stereocenters. The molecular weight excluding hydrogens is 288 g/mol. The molecule has 2 aromatic rings. The number of carbonyl (C=O) groups excluding carboxylic acids is 1. The third kappa shape index (κ3) is 3.89. The maximum Gasteiger partial charge on any atom is 0.255 e. The summed E-state index contributed by atoms with van der Waals surface area (Å²) in [6.07, 6.45) is 0.741. The van der Waals surface area contributed by atoms with Crippen molar-refractivity contribution in [3.63, 3.8) is 0 Å². The van der Waals surface area contributed by atoms with E-state index in [2.05, 4.69) is 4.98 Å². The number of carbonyl (C=O) groups is 1. The zero-order valence-corrected chi connectivity index (χ0v) is 14.5. The molecule has 1 aromatic heterocycles. The molecule has 4 heteroatoms. The van der Waals surface area contributed by atoms with Crippen LogP contribution in [0.25, 0.3) is 0 Å². The van der Waals surface area contributed by atoms with Crippen molar-refractivity contribution in [3.8, 4) is 5.75 Å². The first-order valence-electron chi connectivity index (χ1n) is 7.77. The summed E-state index contributed by atoms with van der Waals surface area (Å²) in [5.74, 6) is 0.853. The number of aromatic nitrogens is 1. The fourth-order valence-corrected chi connectivity index (χ4v) is 2.63.